The van der Waals surface area contributed by atoms with Gasteiger partial charge >= 0.3 is 0 Å². The summed E-state index contributed by atoms with van der Waals surface area (Å²) >= 11 is 0. The van der Waals surface area contributed by atoms with Gasteiger partial charge in [0.15, 0.2) is 5.76 Å². The van der Waals surface area contributed by atoms with Gasteiger partial charge in [-0.05, 0) is 39.3 Å². The number of nitrogens with one attached hydrogen (secondary N) is 1. The van der Waals surface area contributed by atoms with E-state index in [1.165, 1.54) is 0 Å². The van der Waals surface area contributed by atoms with Crippen LogP contribution in [0.1, 0.15) is 32.9 Å². The quantitative estimate of drug-likeness (QED) is 0.842. The van der Waals surface area contributed by atoms with Crippen molar-refractivity contribution in [3.8, 4) is 11.5 Å². The molecule has 0 radical (unpaired) electrons. The van der Waals surface area contributed by atoms with Gasteiger partial charge in [-0.3, -0.25) is 0 Å². The third-order valence-corrected chi connectivity index (χ3v) is 3.30. The van der Waals surface area contributed by atoms with E-state index < -0.39 is 0 Å². The van der Waals surface area contributed by atoms with E-state index >= 15 is 0 Å². The van der Waals surface area contributed by atoms with Gasteiger partial charge in [-0.15, -0.1) is 0 Å². The largest absolute Gasteiger partial charge is 0.461 e. The molecule has 1 atom stereocenters. The van der Waals surface area contributed by atoms with E-state index in [0.29, 0.717) is 24.1 Å². The summed E-state index contributed by atoms with van der Waals surface area (Å²) in [5.41, 5.74) is 0.730. The maximum absolute atomic E-state index is 5.43. The highest BCUT2D eigenvalue weighted by molar-refractivity contribution is 5.49. The average Bonchev–Trinajstić information content (AvgIpc) is 3.06. The molecule has 2 aromatic rings. The number of ether oxygens (including phenoxy) is 1. The molecule has 0 unspecified atom stereocenters. The predicted octanol–water partition coefficient (Wildman–Crippen LogP) is 3.23. The fourth-order valence-corrected chi connectivity index (χ4v) is 2.10. The minimum Gasteiger partial charge on any atom is -0.461 e. The van der Waals surface area contributed by atoms with Crippen molar-refractivity contribution in [2.75, 3.05) is 7.11 Å². The lowest BCUT2D eigenvalue weighted by Crippen LogP contribution is -2.35. The van der Waals surface area contributed by atoms with Crippen LogP contribution in [0.5, 0.6) is 0 Å². The van der Waals surface area contributed by atoms with Crippen LogP contribution in [0, 0.1) is 0 Å². The average molecular weight is 278 g/mol. The van der Waals surface area contributed by atoms with Crippen molar-refractivity contribution >= 4 is 0 Å². The van der Waals surface area contributed by atoms with E-state index in [2.05, 4.69) is 31.2 Å². The second-order valence-electron chi connectivity index (χ2n) is 5.61. The molecule has 0 bridgehead atoms. The Hall–Kier alpha value is -1.59. The molecular weight excluding hydrogens is 256 g/mol. The molecule has 0 saturated carbocycles. The number of hydrogen-bond acceptors (Lipinski definition) is 5. The van der Waals surface area contributed by atoms with Gasteiger partial charge in [-0.2, -0.15) is 0 Å². The monoisotopic (exact) mass is 278 g/mol. The summed E-state index contributed by atoms with van der Waals surface area (Å²) < 4.78 is 16.0. The molecule has 0 aliphatic carbocycles. The van der Waals surface area contributed by atoms with Crippen molar-refractivity contribution < 1.29 is 13.7 Å². The highest BCUT2D eigenvalue weighted by Gasteiger charge is 2.20. The molecule has 20 heavy (non-hydrogen) atoms. The smallest absolute Gasteiger partial charge is 0.202 e. The summed E-state index contributed by atoms with van der Waals surface area (Å²) in [6.45, 7) is 6.95. The van der Waals surface area contributed by atoms with Gasteiger partial charge in [0.1, 0.15) is 0 Å². The maximum Gasteiger partial charge on any atom is 0.202 e. The Labute approximate surface area is 119 Å². The molecule has 110 valence electrons. The van der Waals surface area contributed by atoms with E-state index in [1.807, 2.05) is 18.2 Å². The fourth-order valence-electron chi connectivity index (χ4n) is 2.10. The minimum absolute atomic E-state index is 0.129. The second-order valence-corrected chi connectivity index (χ2v) is 5.61. The Kier molecular flexibility index (Phi) is 4.62. The molecular formula is C15H22N2O3. The van der Waals surface area contributed by atoms with E-state index in [-0.39, 0.29) is 5.60 Å². The number of methoxy groups -OCH3 is 1. The zero-order valence-corrected chi connectivity index (χ0v) is 12.5. The Morgan fingerprint density at radius 2 is 2.20 bits per heavy atom. The third-order valence-electron chi connectivity index (χ3n) is 3.30. The van der Waals surface area contributed by atoms with Crippen molar-refractivity contribution in [3.05, 3.63) is 30.2 Å². The molecule has 1 N–H and O–H groups in total. The van der Waals surface area contributed by atoms with Crippen LogP contribution < -0.4 is 5.32 Å². The van der Waals surface area contributed by atoms with Crippen LogP contribution in [0.4, 0.5) is 0 Å². The molecule has 5 heteroatoms. The van der Waals surface area contributed by atoms with Crippen molar-refractivity contribution in [1.82, 2.24) is 10.5 Å². The van der Waals surface area contributed by atoms with Crippen LogP contribution in [-0.2, 0) is 11.3 Å². The zero-order chi connectivity index (χ0) is 14.6. The van der Waals surface area contributed by atoms with Crippen molar-refractivity contribution in [3.63, 3.8) is 0 Å². The van der Waals surface area contributed by atoms with Crippen molar-refractivity contribution in [2.24, 2.45) is 0 Å². The normalized spacial score (nSPS) is 13.6. The standard InChI is InChI=1S/C15H22N2O3/c1-11(9-15(2,3)18-4)16-10-12-8-14(20-17-12)13-6-5-7-19-13/h5-8,11,16H,9-10H2,1-4H3/t11-/m0/s1. The molecule has 0 saturated heterocycles. The second kappa shape index (κ2) is 6.24. The first-order valence-corrected chi connectivity index (χ1v) is 6.78. The molecule has 0 aromatic carbocycles. The minimum atomic E-state index is -0.129. The van der Waals surface area contributed by atoms with Gasteiger partial charge in [0.25, 0.3) is 0 Å². The summed E-state index contributed by atoms with van der Waals surface area (Å²) in [7, 11) is 1.74. The highest BCUT2D eigenvalue weighted by Crippen LogP contribution is 2.21. The molecule has 0 fully saturated rings. The van der Waals surface area contributed by atoms with Gasteiger partial charge in [-0.1, -0.05) is 5.16 Å². The summed E-state index contributed by atoms with van der Waals surface area (Å²) in [5, 5.41) is 7.45. The van der Waals surface area contributed by atoms with Crippen LogP contribution in [0.25, 0.3) is 11.5 Å². The third kappa shape index (κ3) is 3.95. The van der Waals surface area contributed by atoms with Crippen molar-refractivity contribution in [2.45, 2.75) is 45.4 Å². The number of nitrogens with zero attached hydrogens (tertiary/aromatic N) is 1. The number of rotatable bonds is 7. The Morgan fingerprint density at radius 1 is 1.40 bits per heavy atom. The maximum atomic E-state index is 5.43. The topological polar surface area (TPSA) is 60.4 Å². The lowest BCUT2D eigenvalue weighted by atomic mass is 10.00. The van der Waals surface area contributed by atoms with E-state index in [0.717, 1.165) is 12.1 Å². The van der Waals surface area contributed by atoms with Crippen LogP contribution in [-0.4, -0.2) is 23.9 Å². The van der Waals surface area contributed by atoms with E-state index in [1.54, 1.807) is 13.4 Å². The molecule has 0 aliphatic heterocycles. The molecule has 0 amide bonds. The lowest BCUT2D eigenvalue weighted by molar-refractivity contribution is 0.00841. The highest BCUT2D eigenvalue weighted by atomic mass is 16.5. The van der Waals surface area contributed by atoms with Crippen molar-refractivity contribution in [1.29, 1.82) is 0 Å². The molecule has 5 nitrogen and oxygen atoms in total. The first kappa shape index (κ1) is 14.8. The summed E-state index contributed by atoms with van der Waals surface area (Å²) in [5.74, 6) is 1.34. The Bertz CT molecular complexity index is 517. The van der Waals surface area contributed by atoms with Gasteiger partial charge in [0.05, 0.1) is 17.6 Å². The summed E-state index contributed by atoms with van der Waals surface area (Å²) in [4.78, 5) is 0. The molecule has 0 spiro atoms. The zero-order valence-electron chi connectivity index (χ0n) is 12.5. The molecule has 2 heterocycles. The van der Waals surface area contributed by atoms with Gasteiger partial charge < -0.3 is 19.0 Å². The Balaban J connectivity index is 1.86. The first-order valence-electron chi connectivity index (χ1n) is 6.78. The fraction of sp³-hybridized carbons (Fsp3) is 0.533. The number of aromatic nitrogens is 1. The summed E-state index contributed by atoms with van der Waals surface area (Å²) in [6, 6.07) is 5.89. The van der Waals surface area contributed by atoms with Crippen LogP contribution in [0.2, 0.25) is 0 Å². The molecule has 0 aliphatic rings. The van der Waals surface area contributed by atoms with Gasteiger partial charge in [0.2, 0.25) is 5.76 Å². The number of hydrogen-bond donors (Lipinski definition) is 1. The summed E-state index contributed by atoms with van der Waals surface area (Å²) in [6.07, 6.45) is 2.54. The van der Waals surface area contributed by atoms with Crippen LogP contribution in [0.3, 0.4) is 0 Å². The molecule has 2 rings (SSSR count). The van der Waals surface area contributed by atoms with Crippen LogP contribution >= 0.6 is 0 Å². The van der Waals surface area contributed by atoms with E-state index in [4.69, 9.17) is 13.7 Å². The first-order chi connectivity index (χ1) is 9.50. The van der Waals surface area contributed by atoms with Gasteiger partial charge in [-0.25, -0.2) is 0 Å². The SMILES string of the molecule is COC(C)(C)C[C@H](C)NCc1cc(-c2ccco2)on1. The van der Waals surface area contributed by atoms with E-state index in [9.17, 15) is 0 Å². The number of furan rings is 1. The lowest BCUT2D eigenvalue weighted by Gasteiger charge is -2.26. The Morgan fingerprint density at radius 3 is 2.85 bits per heavy atom. The molecule has 2 aromatic heterocycles. The van der Waals surface area contributed by atoms with Crippen LogP contribution in [0.15, 0.2) is 33.4 Å². The predicted molar refractivity (Wildman–Crippen MR) is 76.2 cm³/mol. The van der Waals surface area contributed by atoms with Gasteiger partial charge in [0, 0.05) is 25.8 Å².